The van der Waals surface area contributed by atoms with E-state index < -0.39 is 0 Å². The fourth-order valence-corrected chi connectivity index (χ4v) is 2.50. The first-order chi connectivity index (χ1) is 4.83. The van der Waals surface area contributed by atoms with Gasteiger partial charge < -0.3 is 0 Å². The first-order valence-electron chi connectivity index (χ1n) is 3.13. The second kappa shape index (κ2) is 3.84. The summed E-state index contributed by atoms with van der Waals surface area (Å²) in [7, 11) is 0. The first kappa shape index (κ1) is 7.89. The molecule has 0 bridgehead atoms. The van der Waals surface area contributed by atoms with Crippen molar-refractivity contribution in [2.45, 2.75) is 11.1 Å². The summed E-state index contributed by atoms with van der Waals surface area (Å²) in [4.78, 5) is 1.38. The molecule has 0 saturated heterocycles. The van der Waals surface area contributed by atoms with Gasteiger partial charge in [0.25, 0.3) is 0 Å². The number of rotatable bonds is 3. The van der Waals surface area contributed by atoms with Gasteiger partial charge in [-0.05, 0) is 19.1 Å². The fourth-order valence-electron chi connectivity index (χ4n) is 0.631. The highest BCUT2D eigenvalue weighted by atomic mass is 32.2. The molecule has 10 heavy (non-hydrogen) atoms. The summed E-state index contributed by atoms with van der Waals surface area (Å²) in [6.07, 6.45) is 1.93. The summed E-state index contributed by atoms with van der Waals surface area (Å²) in [5.74, 6) is 1.01. The van der Waals surface area contributed by atoms with Crippen LogP contribution in [0.5, 0.6) is 0 Å². The van der Waals surface area contributed by atoms with Crippen molar-refractivity contribution in [3.05, 3.63) is 29.7 Å². The lowest BCUT2D eigenvalue weighted by molar-refractivity contribution is 1.63. The third-order valence-corrected chi connectivity index (χ3v) is 3.28. The second-order valence-corrected chi connectivity index (χ2v) is 4.57. The number of aryl methyl sites for hydroxylation is 1. The zero-order valence-corrected chi connectivity index (χ0v) is 7.60. The molecule has 0 fully saturated rings. The molecule has 0 aromatic carbocycles. The van der Waals surface area contributed by atoms with Gasteiger partial charge in [0.1, 0.15) is 0 Å². The molecule has 0 nitrogen and oxygen atoms in total. The molecule has 1 rings (SSSR count). The van der Waals surface area contributed by atoms with Crippen LogP contribution in [0, 0.1) is 6.92 Å². The molecule has 1 aromatic heterocycles. The molecule has 0 N–H and O–H groups in total. The third kappa shape index (κ3) is 2.20. The SMILES string of the molecule is C=CCSc1ccc(C)s1. The topological polar surface area (TPSA) is 0 Å². The van der Waals surface area contributed by atoms with E-state index in [0.717, 1.165) is 5.75 Å². The van der Waals surface area contributed by atoms with E-state index in [9.17, 15) is 0 Å². The van der Waals surface area contributed by atoms with E-state index in [0.29, 0.717) is 0 Å². The Labute approximate surface area is 70.0 Å². The highest BCUT2D eigenvalue weighted by Crippen LogP contribution is 2.26. The lowest BCUT2D eigenvalue weighted by Crippen LogP contribution is -1.63. The monoisotopic (exact) mass is 170 g/mol. The molecule has 2 heteroatoms. The molecule has 1 heterocycles. The van der Waals surface area contributed by atoms with Crippen LogP contribution in [0.4, 0.5) is 0 Å². The van der Waals surface area contributed by atoms with E-state index in [-0.39, 0.29) is 0 Å². The van der Waals surface area contributed by atoms with Crippen molar-refractivity contribution in [3.63, 3.8) is 0 Å². The van der Waals surface area contributed by atoms with Gasteiger partial charge in [-0.3, -0.25) is 0 Å². The van der Waals surface area contributed by atoms with Crippen LogP contribution in [-0.4, -0.2) is 5.75 Å². The molecule has 0 spiro atoms. The van der Waals surface area contributed by atoms with Crippen LogP contribution in [-0.2, 0) is 0 Å². The Hall–Kier alpha value is -0.210. The van der Waals surface area contributed by atoms with Crippen LogP contribution in [0.25, 0.3) is 0 Å². The Balaban J connectivity index is 2.49. The Bertz CT molecular complexity index is 213. The largest absolute Gasteiger partial charge is 0.134 e. The Kier molecular flexibility index (Phi) is 3.03. The molecular weight excluding hydrogens is 160 g/mol. The number of hydrogen-bond acceptors (Lipinski definition) is 2. The average molecular weight is 170 g/mol. The van der Waals surface area contributed by atoms with Gasteiger partial charge in [0.15, 0.2) is 0 Å². The van der Waals surface area contributed by atoms with Gasteiger partial charge in [-0.1, -0.05) is 6.08 Å². The minimum Gasteiger partial charge on any atom is -0.134 e. The van der Waals surface area contributed by atoms with Crippen LogP contribution < -0.4 is 0 Å². The van der Waals surface area contributed by atoms with E-state index in [1.54, 1.807) is 0 Å². The van der Waals surface area contributed by atoms with Gasteiger partial charge in [-0.25, -0.2) is 0 Å². The van der Waals surface area contributed by atoms with Crippen molar-refractivity contribution in [1.82, 2.24) is 0 Å². The van der Waals surface area contributed by atoms with Crippen molar-refractivity contribution < 1.29 is 0 Å². The minimum absolute atomic E-state index is 1.01. The zero-order chi connectivity index (χ0) is 7.40. The van der Waals surface area contributed by atoms with Crippen molar-refractivity contribution in [2.24, 2.45) is 0 Å². The molecule has 0 unspecified atom stereocenters. The maximum absolute atomic E-state index is 3.67. The zero-order valence-electron chi connectivity index (χ0n) is 5.96. The maximum atomic E-state index is 3.67. The quantitative estimate of drug-likeness (QED) is 0.495. The molecule has 0 radical (unpaired) electrons. The van der Waals surface area contributed by atoms with Crippen LogP contribution in [0.1, 0.15) is 4.88 Å². The predicted octanol–water partition coefficient (Wildman–Crippen LogP) is 3.33. The highest BCUT2D eigenvalue weighted by molar-refractivity contribution is 8.01. The number of thioether (sulfide) groups is 1. The molecule has 0 aliphatic carbocycles. The summed E-state index contributed by atoms with van der Waals surface area (Å²) in [5, 5.41) is 0. The summed E-state index contributed by atoms with van der Waals surface area (Å²) in [5.41, 5.74) is 0. The molecular formula is C8H10S2. The van der Waals surface area contributed by atoms with E-state index in [2.05, 4.69) is 25.6 Å². The lowest BCUT2D eigenvalue weighted by Gasteiger charge is -1.88. The van der Waals surface area contributed by atoms with Gasteiger partial charge in [0.05, 0.1) is 4.21 Å². The molecule has 0 aliphatic heterocycles. The van der Waals surface area contributed by atoms with Crippen LogP contribution in [0.15, 0.2) is 29.0 Å². The molecule has 0 saturated carbocycles. The van der Waals surface area contributed by atoms with Gasteiger partial charge in [-0.2, -0.15) is 0 Å². The smallest absolute Gasteiger partial charge is 0.0604 e. The highest BCUT2D eigenvalue weighted by Gasteiger charge is 1.93. The molecule has 54 valence electrons. The second-order valence-electron chi connectivity index (χ2n) is 1.96. The fraction of sp³-hybridized carbons (Fsp3) is 0.250. The summed E-state index contributed by atoms with van der Waals surface area (Å²) < 4.78 is 1.39. The summed E-state index contributed by atoms with van der Waals surface area (Å²) in [6, 6.07) is 4.31. The van der Waals surface area contributed by atoms with Crippen LogP contribution >= 0.6 is 23.1 Å². The van der Waals surface area contributed by atoms with Crippen molar-refractivity contribution >= 4 is 23.1 Å². The molecule has 0 aliphatic rings. The van der Waals surface area contributed by atoms with Gasteiger partial charge in [0.2, 0.25) is 0 Å². The predicted molar refractivity (Wildman–Crippen MR) is 50.0 cm³/mol. The van der Waals surface area contributed by atoms with E-state index in [1.807, 2.05) is 29.2 Å². The number of hydrogen-bond donors (Lipinski definition) is 0. The average Bonchev–Trinajstić information content (AvgIpc) is 2.31. The minimum atomic E-state index is 1.01. The molecule has 0 amide bonds. The Morgan fingerprint density at radius 2 is 2.50 bits per heavy atom. The normalized spacial score (nSPS) is 9.70. The van der Waals surface area contributed by atoms with Crippen molar-refractivity contribution in [1.29, 1.82) is 0 Å². The maximum Gasteiger partial charge on any atom is 0.0604 e. The van der Waals surface area contributed by atoms with E-state index in [1.165, 1.54) is 9.09 Å². The van der Waals surface area contributed by atoms with E-state index in [4.69, 9.17) is 0 Å². The Morgan fingerprint density at radius 1 is 1.70 bits per heavy atom. The first-order valence-corrected chi connectivity index (χ1v) is 4.93. The lowest BCUT2D eigenvalue weighted by atomic mass is 10.5. The van der Waals surface area contributed by atoms with E-state index >= 15 is 0 Å². The molecule has 0 atom stereocenters. The molecule has 1 aromatic rings. The van der Waals surface area contributed by atoms with Gasteiger partial charge in [0, 0.05) is 10.6 Å². The van der Waals surface area contributed by atoms with Crippen molar-refractivity contribution in [3.8, 4) is 0 Å². The van der Waals surface area contributed by atoms with Crippen LogP contribution in [0.3, 0.4) is 0 Å². The summed E-state index contributed by atoms with van der Waals surface area (Å²) >= 11 is 3.68. The van der Waals surface area contributed by atoms with Gasteiger partial charge >= 0.3 is 0 Å². The number of thiophene rings is 1. The summed E-state index contributed by atoms with van der Waals surface area (Å²) in [6.45, 7) is 5.79. The van der Waals surface area contributed by atoms with Crippen molar-refractivity contribution in [2.75, 3.05) is 5.75 Å². The van der Waals surface area contributed by atoms with Crippen LogP contribution in [0.2, 0.25) is 0 Å². The third-order valence-electron chi connectivity index (χ3n) is 1.06. The Morgan fingerprint density at radius 3 is 3.00 bits per heavy atom. The van der Waals surface area contributed by atoms with Gasteiger partial charge in [-0.15, -0.1) is 29.7 Å². The standard InChI is InChI=1S/C8H10S2/c1-3-6-9-8-5-4-7(2)10-8/h3-5H,1,6H2,2H3.